The first-order chi connectivity index (χ1) is 13.4. The average molecular weight is 392 g/mol. The zero-order valence-corrected chi connectivity index (χ0v) is 15.9. The monoisotopic (exact) mass is 392 g/mol. The fraction of sp³-hybridized carbons (Fsp3) is 0.0455. The van der Waals surface area contributed by atoms with Crippen molar-refractivity contribution in [3.05, 3.63) is 90.4 Å². The number of sulfone groups is 1. The lowest BCUT2D eigenvalue weighted by Gasteiger charge is -2.15. The summed E-state index contributed by atoms with van der Waals surface area (Å²) in [4.78, 5) is 4.39. The highest BCUT2D eigenvalue weighted by molar-refractivity contribution is 7.91. The molecule has 0 saturated carbocycles. The number of halogens is 1. The van der Waals surface area contributed by atoms with Crippen molar-refractivity contribution in [2.24, 2.45) is 0 Å². The fourth-order valence-corrected chi connectivity index (χ4v) is 4.38. The molecule has 0 aliphatic carbocycles. The molecule has 28 heavy (non-hydrogen) atoms. The van der Waals surface area contributed by atoms with Gasteiger partial charge < -0.3 is 5.32 Å². The Kier molecular flexibility index (Phi) is 4.57. The quantitative estimate of drug-likeness (QED) is 0.515. The minimum absolute atomic E-state index is 0.00243. The number of hydrogen-bond donors (Lipinski definition) is 1. The molecule has 3 aromatic carbocycles. The standard InChI is InChI=1S/C22H17FN2O2S/c1-15-7-10-17(11-8-15)25-22-19-13-16(23)9-12-20(19)24-14-21(22)28(26,27)18-5-3-2-4-6-18/h2-14H,1H3,(H,24,25). The molecule has 0 fully saturated rings. The minimum Gasteiger partial charge on any atom is -0.354 e. The number of fused-ring (bicyclic) bond motifs is 1. The Hall–Kier alpha value is -3.25. The topological polar surface area (TPSA) is 59.1 Å². The summed E-state index contributed by atoms with van der Waals surface area (Å²) in [5, 5.41) is 3.56. The lowest BCUT2D eigenvalue weighted by atomic mass is 10.1. The van der Waals surface area contributed by atoms with Crippen molar-refractivity contribution < 1.29 is 12.8 Å². The number of nitrogens with zero attached hydrogens (tertiary/aromatic N) is 1. The number of rotatable bonds is 4. The number of aromatic nitrogens is 1. The number of benzene rings is 3. The van der Waals surface area contributed by atoms with Gasteiger partial charge in [0.25, 0.3) is 0 Å². The van der Waals surface area contributed by atoms with Crippen molar-refractivity contribution in [3.63, 3.8) is 0 Å². The van der Waals surface area contributed by atoms with E-state index in [-0.39, 0.29) is 9.79 Å². The molecule has 1 N–H and O–H groups in total. The van der Waals surface area contributed by atoms with E-state index in [2.05, 4.69) is 10.3 Å². The summed E-state index contributed by atoms with van der Waals surface area (Å²) in [6.45, 7) is 1.96. The van der Waals surface area contributed by atoms with E-state index in [9.17, 15) is 12.8 Å². The van der Waals surface area contributed by atoms with Crippen LogP contribution in [0.4, 0.5) is 15.8 Å². The Morgan fingerprint density at radius 3 is 2.36 bits per heavy atom. The summed E-state index contributed by atoms with van der Waals surface area (Å²) in [6.07, 6.45) is 1.32. The van der Waals surface area contributed by atoms with E-state index in [1.807, 2.05) is 31.2 Å². The molecule has 0 radical (unpaired) electrons. The molecular weight excluding hydrogens is 375 g/mol. The molecule has 0 aliphatic heterocycles. The van der Waals surface area contributed by atoms with E-state index in [1.165, 1.54) is 36.5 Å². The molecule has 0 saturated heterocycles. The van der Waals surface area contributed by atoms with Gasteiger partial charge in [0, 0.05) is 17.3 Å². The molecule has 0 aliphatic rings. The van der Waals surface area contributed by atoms with Crippen molar-refractivity contribution in [1.82, 2.24) is 4.98 Å². The second kappa shape index (κ2) is 7.05. The van der Waals surface area contributed by atoms with Gasteiger partial charge in [-0.2, -0.15) is 0 Å². The number of pyridine rings is 1. The van der Waals surface area contributed by atoms with Gasteiger partial charge in [-0.05, 0) is 49.4 Å². The molecule has 140 valence electrons. The van der Waals surface area contributed by atoms with Crippen LogP contribution in [0.2, 0.25) is 0 Å². The summed E-state index contributed by atoms with van der Waals surface area (Å²) in [5.41, 5.74) is 2.58. The molecule has 1 heterocycles. The van der Waals surface area contributed by atoms with Crippen LogP contribution in [-0.4, -0.2) is 13.4 Å². The molecule has 0 amide bonds. The van der Waals surface area contributed by atoms with Gasteiger partial charge in [0.05, 0.1) is 16.1 Å². The Labute approximate surface area is 162 Å². The molecular formula is C22H17FN2O2S. The van der Waals surface area contributed by atoms with Crippen LogP contribution in [0, 0.1) is 12.7 Å². The lowest BCUT2D eigenvalue weighted by molar-refractivity contribution is 0.596. The van der Waals surface area contributed by atoms with E-state index in [4.69, 9.17) is 0 Å². The summed E-state index contributed by atoms with van der Waals surface area (Å²) in [5.74, 6) is -0.462. The highest BCUT2D eigenvalue weighted by Crippen LogP contribution is 2.35. The normalized spacial score (nSPS) is 11.5. The SMILES string of the molecule is Cc1ccc(Nc2c(S(=O)(=O)c3ccccc3)cnc3ccc(F)cc23)cc1. The Morgan fingerprint density at radius 1 is 0.929 bits per heavy atom. The molecule has 0 atom stereocenters. The zero-order valence-electron chi connectivity index (χ0n) is 15.1. The van der Waals surface area contributed by atoms with Gasteiger partial charge in [-0.25, -0.2) is 12.8 Å². The van der Waals surface area contributed by atoms with E-state index >= 15 is 0 Å². The lowest BCUT2D eigenvalue weighted by Crippen LogP contribution is -2.07. The van der Waals surface area contributed by atoms with E-state index in [0.29, 0.717) is 22.3 Å². The third kappa shape index (κ3) is 3.34. The zero-order chi connectivity index (χ0) is 19.7. The Bertz CT molecular complexity index is 1260. The predicted octanol–water partition coefficient (Wildman–Crippen LogP) is 5.26. The van der Waals surface area contributed by atoms with Crippen molar-refractivity contribution in [3.8, 4) is 0 Å². The third-order valence-corrected chi connectivity index (χ3v) is 6.24. The van der Waals surface area contributed by atoms with Crippen LogP contribution in [0.15, 0.2) is 88.8 Å². The highest BCUT2D eigenvalue weighted by atomic mass is 32.2. The van der Waals surface area contributed by atoms with Gasteiger partial charge >= 0.3 is 0 Å². The maximum absolute atomic E-state index is 14.0. The highest BCUT2D eigenvalue weighted by Gasteiger charge is 2.24. The maximum Gasteiger partial charge on any atom is 0.210 e. The van der Waals surface area contributed by atoms with Gasteiger partial charge in [0.2, 0.25) is 9.84 Å². The summed E-state index contributed by atoms with van der Waals surface area (Å²) >= 11 is 0. The van der Waals surface area contributed by atoms with Crippen LogP contribution in [0.5, 0.6) is 0 Å². The van der Waals surface area contributed by atoms with Crippen LogP contribution < -0.4 is 5.32 Å². The first kappa shape index (κ1) is 18.1. The van der Waals surface area contributed by atoms with Gasteiger partial charge in [-0.15, -0.1) is 0 Å². The summed E-state index contributed by atoms with van der Waals surface area (Å²) in [6, 6.07) is 19.8. The van der Waals surface area contributed by atoms with Crippen LogP contribution in [0.1, 0.15) is 5.56 Å². The molecule has 0 bridgehead atoms. The molecule has 6 heteroatoms. The molecule has 4 aromatic rings. The Balaban J connectivity index is 1.97. The van der Waals surface area contributed by atoms with Crippen molar-refractivity contribution in [2.75, 3.05) is 5.32 Å². The maximum atomic E-state index is 14.0. The van der Waals surface area contributed by atoms with E-state index in [1.54, 1.807) is 18.2 Å². The average Bonchev–Trinajstić information content (AvgIpc) is 2.70. The molecule has 4 rings (SSSR count). The fourth-order valence-electron chi connectivity index (χ4n) is 2.99. The second-order valence-corrected chi connectivity index (χ2v) is 8.38. The smallest absolute Gasteiger partial charge is 0.210 e. The molecule has 4 nitrogen and oxygen atoms in total. The molecule has 0 spiro atoms. The predicted molar refractivity (Wildman–Crippen MR) is 108 cm³/mol. The number of hydrogen-bond acceptors (Lipinski definition) is 4. The summed E-state index contributed by atoms with van der Waals surface area (Å²) < 4.78 is 40.5. The molecule has 0 unspecified atom stereocenters. The number of nitrogens with one attached hydrogen (secondary N) is 1. The Morgan fingerprint density at radius 2 is 1.64 bits per heavy atom. The van der Waals surface area contributed by atoms with Gasteiger partial charge in [0.15, 0.2) is 0 Å². The van der Waals surface area contributed by atoms with E-state index in [0.717, 1.165) is 5.56 Å². The summed E-state index contributed by atoms with van der Waals surface area (Å²) in [7, 11) is -3.85. The molecule has 1 aromatic heterocycles. The van der Waals surface area contributed by atoms with Crippen LogP contribution in [-0.2, 0) is 9.84 Å². The minimum atomic E-state index is -3.85. The van der Waals surface area contributed by atoms with Gasteiger partial charge in [-0.1, -0.05) is 35.9 Å². The van der Waals surface area contributed by atoms with Crippen molar-refractivity contribution in [1.29, 1.82) is 0 Å². The number of anilines is 2. The second-order valence-electron chi connectivity index (χ2n) is 6.47. The van der Waals surface area contributed by atoms with Gasteiger partial charge in [-0.3, -0.25) is 4.98 Å². The third-order valence-electron chi connectivity index (χ3n) is 4.46. The number of aryl methyl sites for hydroxylation is 1. The first-order valence-electron chi connectivity index (χ1n) is 8.67. The van der Waals surface area contributed by atoms with Crippen molar-refractivity contribution >= 4 is 32.1 Å². The van der Waals surface area contributed by atoms with Crippen molar-refractivity contribution in [2.45, 2.75) is 16.7 Å². The first-order valence-corrected chi connectivity index (χ1v) is 10.2. The van der Waals surface area contributed by atoms with Gasteiger partial charge in [0.1, 0.15) is 10.7 Å². The van der Waals surface area contributed by atoms with Crippen LogP contribution in [0.3, 0.4) is 0 Å². The van der Waals surface area contributed by atoms with E-state index < -0.39 is 15.7 Å². The van der Waals surface area contributed by atoms with Crippen LogP contribution in [0.25, 0.3) is 10.9 Å². The largest absolute Gasteiger partial charge is 0.354 e. The van der Waals surface area contributed by atoms with Crippen LogP contribution >= 0.6 is 0 Å².